The Labute approximate surface area is 114 Å². The van der Waals surface area contributed by atoms with Crippen LogP contribution in [0.15, 0.2) is 22.7 Å². The van der Waals surface area contributed by atoms with Crippen LogP contribution in [0.1, 0.15) is 23.7 Å². The predicted octanol–water partition coefficient (Wildman–Crippen LogP) is 1.71. The van der Waals surface area contributed by atoms with Gasteiger partial charge in [-0.2, -0.15) is 0 Å². The van der Waals surface area contributed by atoms with E-state index in [1.54, 1.807) is 25.1 Å². The van der Waals surface area contributed by atoms with Gasteiger partial charge in [-0.3, -0.25) is 9.59 Å². The molecular weight excluding hydrogens is 300 g/mol. The molecular formula is C12H15BrN2O3. The van der Waals surface area contributed by atoms with E-state index in [4.69, 9.17) is 10.5 Å². The number of esters is 1. The van der Waals surface area contributed by atoms with Crippen LogP contribution >= 0.6 is 15.9 Å². The molecule has 1 amide bonds. The van der Waals surface area contributed by atoms with Gasteiger partial charge in [0.1, 0.15) is 0 Å². The number of nitrogens with one attached hydrogen (secondary N) is 1. The third kappa shape index (κ3) is 4.37. The molecule has 1 aromatic carbocycles. The average molecular weight is 315 g/mol. The van der Waals surface area contributed by atoms with E-state index in [1.165, 1.54) is 0 Å². The van der Waals surface area contributed by atoms with Crippen LogP contribution in [-0.2, 0) is 9.53 Å². The van der Waals surface area contributed by atoms with Crippen molar-refractivity contribution in [2.45, 2.75) is 13.3 Å². The molecule has 6 heteroatoms. The van der Waals surface area contributed by atoms with Crippen molar-refractivity contribution in [2.75, 3.05) is 18.9 Å². The molecule has 3 N–H and O–H groups in total. The first kappa shape index (κ1) is 14.5. The first-order valence-corrected chi connectivity index (χ1v) is 6.32. The number of carbonyl (C=O) groups excluding carboxylic acids is 2. The topological polar surface area (TPSA) is 81.4 Å². The van der Waals surface area contributed by atoms with E-state index in [9.17, 15) is 9.59 Å². The van der Waals surface area contributed by atoms with E-state index in [0.717, 1.165) is 0 Å². The van der Waals surface area contributed by atoms with Gasteiger partial charge in [-0.05, 0) is 41.1 Å². The highest BCUT2D eigenvalue weighted by Gasteiger charge is 2.10. The second-order valence-electron chi connectivity index (χ2n) is 3.55. The monoisotopic (exact) mass is 314 g/mol. The molecule has 0 fully saturated rings. The van der Waals surface area contributed by atoms with E-state index in [0.29, 0.717) is 22.3 Å². The molecule has 98 valence electrons. The van der Waals surface area contributed by atoms with Crippen molar-refractivity contribution >= 4 is 33.5 Å². The normalized spacial score (nSPS) is 9.89. The Morgan fingerprint density at radius 2 is 2.17 bits per heavy atom. The van der Waals surface area contributed by atoms with Crippen molar-refractivity contribution in [3.8, 4) is 0 Å². The van der Waals surface area contributed by atoms with Crippen molar-refractivity contribution < 1.29 is 14.3 Å². The van der Waals surface area contributed by atoms with Gasteiger partial charge in [-0.25, -0.2) is 0 Å². The minimum Gasteiger partial charge on any atom is -0.466 e. The summed E-state index contributed by atoms with van der Waals surface area (Å²) in [6.45, 7) is 2.31. The molecule has 5 nitrogen and oxygen atoms in total. The summed E-state index contributed by atoms with van der Waals surface area (Å²) >= 11 is 3.27. The largest absolute Gasteiger partial charge is 0.466 e. The second kappa shape index (κ2) is 7.00. The van der Waals surface area contributed by atoms with E-state index in [2.05, 4.69) is 21.2 Å². The summed E-state index contributed by atoms with van der Waals surface area (Å²) in [4.78, 5) is 22.9. The fourth-order valence-electron chi connectivity index (χ4n) is 1.32. The van der Waals surface area contributed by atoms with Gasteiger partial charge in [-0.15, -0.1) is 0 Å². The minimum absolute atomic E-state index is 0.152. The van der Waals surface area contributed by atoms with E-state index in [-0.39, 0.29) is 24.8 Å². The fraction of sp³-hybridized carbons (Fsp3) is 0.333. The summed E-state index contributed by atoms with van der Waals surface area (Å²) in [5.41, 5.74) is 6.56. The van der Waals surface area contributed by atoms with Crippen LogP contribution in [0, 0.1) is 0 Å². The zero-order chi connectivity index (χ0) is 13.5. The van der Waals surface area contributed by atoms with Gasteiger partial charge in [0.2, 0.25) is 0 Å². The Morgan fingerprint density at radius 1 is 1.44 bits per heavy atom. The molecule has 0 radical (unpaired) electrons. The SMILES string of the molecule is CCOC(=O)CCNC(=O)c1cc(N)ccc1Br. The highest BCUT2D eigenvalue weighted by atomic mass is 79.9. The molecule has 0 saturated carbocycles. The van der Waals surface area contributed by atoms with Crippen LogP contribution in [0.25, 0.3) is 0 Å². The molecule has 0 aromatic heterocycles. The average Bonchev–Trinajstić information content (AvgIpc) is 2.32. The van der Waals surface area contributed by atoms with Crippen LogP contribution in [0.3, 0.4) is 0 Å². The van der Waals surface area contributed by atoms with Crippen LogP contribution in [0.5, 0.6) is 0 Å². The van der Waals surface area contributed by atoms with E-state index < -0.39 is 0 Å². The molecule has 0 aliphatic carbocycles. The highest BCUT2D eigenvalue weighted by Crippen LogP contribution is 2.19. The Balaban J connectivity index is 2.50. The maximum atomic E-state index is 11.8. The van der Waals surface area contributed by atoms with Crippen molar-refractivity contribution in [3.05, 3.63) is 28.2 Å². The van der Waals surface area contributed by atoms with Gasteiger partial charge in [0.15, 0.2) is 0 Å². The summed E-state index contributed by atoms with van der Waals surface area (Å²) in [5, 5.41) is 2.63. The van der Waals surface area contributed by atoms with Gasteiger partial charge in [0.25, 0.3) is 5.91 Å². The van der Waals surface area contributed by atoms with Crippen LogP contribution in [0.4, 0.5) is 5.69 Å². The number of ether oxygens (including phenoxy) is 1. The lowest BCUT2D eigenvalue weighted by molar-refractivity contribution is -0.142. The Morgan fingerprint density at radius 3 is 2.83 bits per heavy atom. The molecule has 0 atom stereocenters. The number of anilines is 1. The van der Waals surface area contributed by atoms with E-state index in [1.807, 2.05) is 0 Å². The zero-order valence-electron chi connectivity index (χ0n) is 10.0. The number of hydrogen-bond donors (Lipinski definition) is 2. The fourth-order valence-corrected chi connectivity index (χ4v) is 1.75. The number of nitrogens with two attached hydrogens (primary N) is 1. The lowest BCUT2D eigenvalue weighted by atomic mass is 10.2. The molecule has 18 heavy (non-hydrogen) atoms. The summed E-state index contributed by atoms with van der Waals surface area (Å²) in [7, 11) is 0. The number of rotatable bonds is 5. The molecule has 1 rings (SSSR count). The van der Waals surface area contributed by atoms with Crippen molar-refractivity contribution in [2.24, 2.45) is 0 Å². The molecule has 0 saturated heterocycles. The first-order valence-electron chi connectivity index (χ1n) is 5.53. The molecule has 1 aromatic rings. The molecule has 0 unspecified atom stereocenters. The lowest BCUT2D eigenvalue weighted by Gasteiger charge is -2.07. The molecule has 0 aliphatic heterocycles. The number of carbonyl (C=O) groups is 2. The number of amides is 1. The Bertz CT molecular complexity index is 449. The van der Waals surface area contributed by atoms with Gasteiger partial charge >= 0.3 is 5.97 Å². The van der Waals surface area contributed by atoms with Crippen molar-refractivity contribution in [1.29, 1.82) is 0 Å². The van der Waals surface area contributed by atoms with Crippen LogP contribution in [-0.4, -0.2) is 25.0 Å². The Hall–Kier alpha value is -1.56. The summed E-state index contributed by atoms with van der Waals surface area (Å²) in [6.07, 6.45) is 0.152. The van der Waals surface area contributed by atoms with Crippen molar-refractivity contribution in [3.63, 3.8) is 0 Å². The highest BCUT2D eigenvalue weighted by molar-refractivity contribution is 9.10. The maximum absolute atomic E-state index is 11.8. The molecule has 0 spiro atoms. The molecule has 0 aliphatic rings. The van der Waals surface area contributed by atoms with Crippen molar-refractivity contribution in [1.82, 2.24) is 5.32 Å². The molecule has 0 heterocycles. The first-order chi connectivity index (χ1) is 8.54. The summed E-state index contributed by atoms with van der Waals surface area (Å²) < 4.78 is 5.41. The maximum Gasteiger partial charge on any atom is 0.307 e. The second-order valence-corrected chi connectivity index (χ2v) is 4.40. The van der Waals surface area contributed by atoms with Crippen LogP contribution < -0.4 is 11.1 Å². The minimum atomic E-state index is -0.329. The lowest BCUT2D eigenvalue weighted by Crippen LogP contribution is -2.26. The van der Waals surface area contributed by atoms with Gasteiger partial charge in [0.05, 0.1) is 18.6 Å². The summed E-state index contributed by atoms with van der Waals surface area (Å²) in [5.74, 6) is -0.608. The summed E-state index contributed by atoms with van der Waals surface area (Å²) in [6, 6.07) is 4.97. The smallest absolute Gasteiger partial charge is 0.307 e. The van der Waals surface area contributed by atoms with Gasteiger partial charge in [-0.1, -0.05) is 0 Å². The number of nitrogen functional groups attached to an aromatic ring is 1. The third-order valence-corrected chi connectivity index (χ3v) is 2.85. The third-order valence-electron chi connectivity index (χ3n) is 2.16. The van der Waals surface area contributed by atoms with Gasteiger partial charge in [0, 0.05) is 16.7 Å². The van der Waals surface area contributed by atoms with Crippen LogP contribution in [0.2, 0.25) is 0 Å². The number of hydrogen-bond acceptors (Lipinski definition) is 4. The van der Waals surface area contributed by atoms with Gasteiger partial charge < -0.3 is 15.8 Å². The predicted molar refractivity (Wildman–Crippen MR) is 72.1 cm³/mol. The standard InChI is InChI=1S/C12H15BrN2O3/c1-2-18-11(16)5-6-15-12(17)9-7-8(14)3-4-10(9)13/h3-4,7H,2,5-6,14H2,1H3,(H,15,17). The number of benzene rings is 1. The Kier molecular flexibility index (Phi) is 5.64. The quantitative estimate of drug-likeness (QED) is 0.640. The zero-order valence-corrected chi connectivity index (χ0v) is 11.6. The number of halogens is 1. The van der Waals surface area contributed by atoms with E-state index >= 15 is 0 Å². The molecule has 0 bridgehead atoms.